The highest BCUT2D eigenvalue weighted by Gasteiger charge is 2.21. The highest BCUT2D eigenvalue weighted by Crippen LogP contribution is 2.46. The average molecular weight is 749 g/mol. The molecule has 0 amide bonds. The lowest BCUT2D eigenvalue weighted by Crippen LogP contribution is -2.09. The Kier molecular flexibility index (Phi) is 7.90. The summed E-state index contributed by atoms with van der Waals surface area (Å²) in [6, 6.07) is 68.7. The van der Waals surface area contributed by atoms with Crippen LogP contribution in [0.4, 0.5) is 42.9 Å². The monoisotopic (exact) mass is 748 g/mol. The summed E-state index contributed by atoms with van der Waals surface area (Å²) in [7, 11) is 0. The Bertz CT molecular complexity index is 3050. The van der Waals surface area contributed by atoms with E-state index in [1.165, 1.54) is 12.1 Å². The lowest BCUT2D eigenvalue weighted by atomic mass is 9.88. The fraction of sp³-hybridized carbons (Fsp3) is 0. The zero-order valence-corrected chi connectivity index (χ0v) is 31.3. The number of hydrogen-bond acceptors (Lipinski definition) is 2. The van der Waals surface area contributed by atoms with Gasteiger partial charge in [0.25, 0.3) is 0 Å². The van der Waals surface area contributed by atoms with Crippen molar-refractivity contribution in [2.75, 3.05) is 9.80 Å². The molecule has 0 radical (unpaired) electrons. The van der Waals surface area contributed by atoms with Gasteiger partial charge in [0.05, 0.1) is 0 Å². The Morgan fingerprint density at radius 3 is 0.897 bits per heavy atom. The topological polar surface area (TPSA) is 6.48 Å². The van der Waals surface area contributed by atoms with Gasteiger partial charge in [-0.25, -0.2) is 8.78 Å². The molecule has 0 N–H and O–H groups in total. The SMILES string of the molecule is Fc1cccc2c3cc(N(c4ccccc4)c4ccccc4)ccc3c3cc4c(cc3c12)c1ccc(N(c2ccccc2)c2ccccc2)cc1c1cccc(F)c14. The first-order chi connectivity index (χ1) is 28.6. The first-order valence-electron chi connectivity index (χ1n) is 19.5. The van der Waals surface area contributed by atoms with Gasteiger partial charge in [-0.2, -0.15) is 0 Å². The van der Waals surface area contributed by atoms with Crippen LogP contribution in [0.3, 0.4) is 0 Å². The summed E-state index contributed by atoms with van der Waals surface area (Å²) in [6.45, 7) is 0. The van der Waals surface area contributed by atoms with Gasteiger partial charge in [0.2, 0.25) is 0 Å². The molecule has 0 atom stereocenters. The molecule has 0 aliphatic rings. The second-order valence-corrected chi connectivity index (χ2v) is 14.7. The summed E-state index contributed by atoms with van der Waals surface area (Å²) in [6.07, 6.45) is 0. The van der Waals surface area contributed by atoms with E-state index in [1.807, 2.05) is 84.9 Å². The second kappa shape index (κ2) is 13.6. The number of hydrogen-bond donors (Lipinski definition) is 0. The predicted octanol–water partition coefficient (Wildman–Crippen LogP) is 15.8. The molecule has 11 aromatic rings. The van der Waals surface area contributed by atoms with E-state index in [9.17, 15) is 0 Å². The Hall–Kier alpha value is -7.56. The van der Waals surface area contributed by atoms with E-state index < -0.39 is 0 Å². The molecule has 4 heteroatoms. The maximum atomic E-state index is 16.5. The zero-order valence-electron chi connectivity index (χ0n) is 31.3. The predicted molar refractivity (Wildman–Crippen MR) is 241 cm³/mol. The van der Waals surface area contributed by atoms with Crippen molar-refractivity contribution in [3.8, 4) is 0 Å². The summed E-state index contributed by atoms with van der Waals surface area (Å²) in [5.41, 5.74) is 5.97. The van der Waals surface area contributed by atoms with Crippen LogP contribution < -0.4 is 9.80 Å². The summed E-state index contributed by atoms with van der Waals surface area (Å²) in [4.78, 5) is 4.43. The minimum absolute atomic E-state index is 0.294. The molecule has 2 nitrogen and oxygen atoms in total. The lowest BCUT2D eigenvalue weighted by molar-refractivity contribution is 0.640. The third-order valence-corrected chi connectivity index (χ3v) is 11.5. The van der Waals surface area contributed by atoms with Gasteiger partial charge in [-0.05, 0) is 151 Å². The number of anilines is 6. The van der Waals surface area contributed by atoms with Gasteiger partial charge in [0.15, 0.2) is 0 Å². The first kappa shape index (κ1) is 33.8. The van der Waals surface area contributed by atoms with Crippen molar-refractivity contribution in [2.24, 2.45) is 0 Å². The van der Waals surface area contributed by atoms with Gasteiger partial charge in [0, 0.05) is 44.9 Å². The maximum Gasteiger partial charge on any atom is 0.131 e. The molecule has 0 aliphatic heterocycles. The number of para-hydroxylation sites is 4. The highest BCUT2D eigenvalue weighted by molar-refractivity contribution is 6.33. The van der Waals surface area contributed by atoms with E-state index in [4.69, 9.17) is 0 Å². The Morgan fingerprint density at radius 2 is 0.552 bits per heavy atom. The van der Waals surface area contributed by atoms with Crippen LogP contribution in [0.5, 0.6) is 0 Å². The van der Waals surface area contributed by atoms with E-state index in [0.717, 1.165) is 88.0 Å². The normalized spacial score (nSPS) is 11.6. The summed E-state index contributed by atoms with van der Waals surface area (Å²) in [5, 5.41) is 9.87. The molecule has 0 fully saturated rings. The van der Waals surface area contributed by atoms with Crippen LogP contribution in [-0.4, -0.2) is 0 Å². The van der Waals surface area contributed by atoms with Crippen molar-refractivity contribution in [1.82, 2.24) is 0 Å². The second-order valence-electron chi connectivity index (χ2n) is 14.7. The Labute approximate surface area is 334 Å². The quantitative estimate of drug-likeness (QED) is 0.123. The third-order valence-electron chi connectivity index (χ3n) is 11.5. The van der Waals surface area contributed by atoms with Crippen molar-refractivity contribution in [2.45, 2.75) is 0 Å². The van der Waals surface area contributed by atoms with E-state index in [2.05, 4.69) is 107 Å². The molecule has 0 spiro atoms. The van der Waals surface area contributed by atoms with Gasteiger partial charge in [-0.1, -0.05) is 109 Å². The van der Waals surface area contributed by atoms with Gasteiger partial charge in [0.1, 0.15) is 11.6 Å². The van der Waals surface area contributed by atoms with Crippen LogP contribution in [-0.2, 0) is 0 Å². The molecule has 58 heavy (non-hydrogen) atoms. The summed E-state index contributed by atoms with van der Waals surface area (Å²) < 4.78 is 32.9. The third kappa shape index (κ3) is 5.37. The van der Waals surface area contributed by atoms with Crippen molar-refractivity contribution in [1.29, 1.82) is 0 Å². The van der Waals surface area contributed by atoms with Gasteiger partial charge >= 0.3 is 0 Å². The zero-order chi connectivity index (χ0) is 38.7. The molecule has 0 unspecified atom stereocenters. The molecule has 11 aromatic carbocycles. The summed E-state index contributed by atoms with van der Waals surface area (Å²) in [5.74, 6) is -0.589. The molecular weight excluding hydrogens is 715 g/mol. The van der Waals surface area contributed by atoms with E-state index in [0.29, 0.717) is 10.8 Å². The van der Waals surface area contributed by atoms with Gasteiger partial charge < -0.3 is 9.80 Å². The molecule has 0 aliphatic carbocycles. The van der Waals surface area contributed by atoms with E-state index in [-0.39, 0.29) is 11.6 Å². The van der Waals surface area contributed by atoms with Crippen molar-refractivity contribution in [3.63, 3.8) is 0 Å². The molecule has 0 bridgehead atoms. The van der Waals surface area contributed by atoms with Gasteiger partial charge in [-0.15, -0.1) is 0 Å². The Balaban J connectivity index is 1.21. The molecule has 11 rings (SSSR count). The lowest BCUT2D eigenvalue weighted by Gasteiger charge is -2.26. The number of nitrogens with zero attached hydrogens (tertiary/aromatic N) is 2. The standard InChI is InChI=1S/C54H34F2N2/c55-51-25-13-23-43-45-31-39(57(35-15-5-1-6-16-35)36-17-7-2-8-18-36)27-29-41(45)47-33-50-48(34-49(47)53(43)51)42-30-28-40(32-46(42)44-24-14-26-52(56)54(44)50)58(37-19-9-3-10-20-37)38-21-11-4-12-22-38/h1-34H. The van der Waals surface area contributed by atoms with Crippen molar-refractivity contribution >= 4 is 98.8 Å². The number of halogens is 2. The fourth-order valence-electron chi connectivity index (χ4n) is 8.96. The molecule has 0 heterocycles. The number of benzene rings is 11. The van der Waals surface area contributed by atoms with Crippen LogP contribution in [0, 0.1) is 11.6 Å². The smallest absolute Gasteiger partial charge is 0.131 e. The van der Waals surface area contributed by atoms with Crippen molar-refractivity contribution < 1.29 is 8.78 Å². The summed E-state index contributed by atoms with van der Waals surface area (Å²) >= 11 is 0. The largest absolute Gasteiger partial charge is 0.310 e. The van der Waals surface area contributed by atoms with Crippen LogP contribution in [0.2, 0.25) is 0 Å². The molecular formula is C54H34F2N2. The van der Waals surface area contributed by atoms with E-state index >= 15 is 8.78 Å². The average Bonchev–Trinajstić information content (AvgIpc) is 3.28. The minimum atomic E-state index is -0.294. The van der Waals surface area contributed by atoms with Crippen LogP contribution in [0.15, 0.2) is 206 Å². The van der Waals surface area contributed by atoms with E-state index in [1.54, 1.807) is 12.1 Å². The fourth-order valence-corrected chi connectivity index (χ4v) is 8.96. The molecule has 0 saturated heterocycles. The van der Waals surface area contributed by atoms with Crippen LogP contribution in [0.25, 0.3) is 64.6 Å². The van der Waals surface area contributed by atoms with Crippen LogP contribution >= 0.6 is 0 Å². The molecule has 0 saturated carbocycles. The maximum absolute atomic E-state index is 16.5. The van der Waals surface area contributed by atoms with Gasteiger partial charge in [-0.3, -0.25) is 0 Å². The number of rotatable bonds is 6. The molecule has 0 aromatic heterocycles. The van der Waals surface area contributed by atoms with Crippen LogP contribution in [0.1, 0.15) is 0 Å². The minimum Gasteiger partial charge on any atom is -0.310 e. The Morgan fingerprint density at radius 1 is 0.224 bits per heavy atom. The first-order valence-corrected chi connectivity index (χ1v) is 19.5. The number of fused-ring (bicyclic) bond motifs is 12. The molecule has 274 valence electrons. The highest BCUT2D eigenvalue weighted by atomic mass is 19.1. The van der Waals surface area contributed by atoms with Crippen molar-refractivity contribution in [3.05, 3.63) is 218 Å².